The van der Waals surface area contributed by atoms with Gasteiger partial charge >= 0.3 is 5.97 Å². The van der Waals surface area contributed by atoms with Crippen LogP contribution in [0.2, 0.25) is 0 Å². The van der Waals surface area contributed by atoms with Gasteiger partial charge in [0.1, 0.15) is 17.3 Å². The first kappa shape index (κ1) is 26.2. The summed E-state index contributed by atoms with van der Waals surface area (Å²) in [7, 11) is 6.66. The fraction of sp³-hybridized carbons (Fsp3) is 0.346. The van der Waals surface area contributed by atoms with Gasteiger partial charge in [-0.25, -0.2) is 28.5 Å². The summed E-state index contributed by atoms with van der Waals surface area (Å²) in [5.41, 5.74) is 2.04. The summed E-state index contributed by atoms with van der Waals surface area (Å²) in [6.07, 6.45) is 5.95. The monoisotopic (exact) mass is 538 g/mol. The van der Waals surface area contributed by atoms with Crippen molar-refractivity contribution in [1.82, 2.24) is 29.4 Å². The number of benzene rings is 1. The predicted molar refractivity (Wildman–Crippen MR) is 141 cm³/mol. The molecular formula is C26H28F2N8O3. The van der Waals surface area contributed by atoms with Crippen LogP contribution >= 0.6 is 0 Å². The fourth-order valence-corrected chi connectivity index (χ4v) is 4.49. The Morgan fingerprint density at radius 2 is 1.79 bits per heavy atom. The Balaban J connectivity index is 1.51. The number of methoxy groups -OCH3 is 1. The van der Waals surface area contributed by atoms with E-state index < -0.39 is 23.4 Å². The van der Waals surface area contributed by atoms with Crippen molar-refractivity contribution in [2.24, 2.45) is 7.05 Å². The van der Waals surface area contributed by atoms with Gasteiger partial charge in [0.15, 0.2) is 34.7 Å². The smallest absolute Gasteiger partial charge is 0.360 e. The second-order valence-corrected chi connectivity index (χ2v) is 9.28. The van der Waals surface area contributed by atoms with Crippen LogP contribution < -0.4 is 15.4 Å². The molecule has 1 aliphatic rings. The zero-order valence-electron chi connectivity index (χ0n) is 22.0. The van der Waals surface area contributed by atoms with Gasteiger partial charge in [-0.3, -0.25) is 4.98 Å². The minimum absolute atomic E-state index is 0.0171. The summed E-state index contributed by atoms with van der Waals surface area (Å²) in [5, 5.41) is 5.77. The lowest BCUT2D eigenvalue weighted by Crippen LogP contribution is -2.35. The summed E-state index contributed by atoms with van der Waals surface area (Å²) in [6, 6.07) is 2.17. The number of imidazole rings is 1. The molecule has 204 valence electrons. The summed E-state index contributed by atoms with van der Waals surface area (Å²) in [4.78, 5) is 32.6. The van der Waals surface area contributed by atoms with Gasteiger partial charge in [0.2, 0.25) is 0 Å². The molecule has 5 rings (SSSR count). The molecule has 0 atom stereocenters. The third-order valence-electron chi connectivity index (χ3n) is 6.62. The van der Waals surface area contributed by atoms with Crippen LogP contribution in [-0.4, -0.2) is 75.8 Å². The number of rotatable bonds is 7. The number of esters is 1. The van der Waals surface area contributed by atoms with Crippen molar-refractivity contribution < 1.29 is 23.0 Å². The van der Waals surface area contributed by atoms with Gasteiger partial charge in [0, 0.05) is 51.2 Å². The highest BCUT2D eigenvalue weighted by Gasteiger charge is 2.25. The Morgan fingerprint density at radius 3 is 2.46 bits per heavy atom. The Labute approximate surface area is 223 Å². The average Bonchev–Trinajstić information content (AvgIpc) is 3.32. The zero-order chi connectivity index (χ0) is 27.7. The van der Waals surface area contributed by atoms with Gasteiger partial charge in [0.05, 0.1) is 30.7 Å². The Hall–Kier alpha value is -4.39. The van der Waals surface area contributed by atoms with E-state index in [1.807, 2.05) is 14.1 Å². The number of hydrogen-bond donors (Lipinski definition) is 2. The summed E-state index contributed by atoms with van der Waals surface area (Å²) in [5.74, 6) is -2.74. The van der Waals surface area contributed by atoms with Crippen LogP contribution in [0.5, 0.6) is 5.75 Å². The van der Waals surface area contributed by atoms with Gasteiger partial charge in [-0.15, -0.1) is 0 Å². The number of anilines is 3. The highest BCUT2D eigenvalue weighted by molar-refractivity contribution is 5.98. The minimum Gasteiger partial charge on any atom is -0.484 e. The van der Waals surface area contributed by atoms with Crippen molar-refractivity contribution in [3.63, 3.8) is 0 Å². The number of nitrogens with one attached hydrogen (secondary N) is 2. The van der Waals surface area contributed by atoms with Crippen molar-refractivity contribution in [3.05, 3.63) is 48.2 Å². The third-order valence-corrected chi connectivity index (χ3v) is 6.62. The highest BCUT2D eigenvalue weighted by Crippen LogP contribution is 2.34. The number of fused-ring (bicyclic) bond motifs is 1. The van der Waals surface area contributed by atoms with E-state index in [0.29, 0.717) is 29.6 Å². The lowest BCUT2D eigenvalue weighted by Gasteiger charge is -2.29. The molecule has 2 N–H and O–H groups in total. The summed E-state index contributed by atoms with van der Waals surface area (Å²) >= 11 is 0. The Bertz CT molecular complexity index is 1510. The number of pyridine rings is 1. The minimum atomic E-state index is -0.873. The number of nitrogens with zero attached hydrogens (tertiary/aromatic N) is 6. The highest BCUT2D eigenvalue weighted by atomic mass is 19.1. The quantitative estimate of drug-likeness (QED) is 0.337. The number of halogens is 2. The van der Waals surface area contributed by atoms with Crippen LogP contribution in [0.1, 0.15) is 23.3 Å². The van der Waals surface area contributed by atoms with E-state index in [-0.39, 0.29) is 29.1 Å². The van der Waals surface area contributed by atoms with Gasteiger partial charge in [-0.2, -0.15) is 0 Å². The molecule has 3 aromatic heterocycles. The summed E-state index contributed by atoms with van der Waals surface area (Å²) in [6.45, 7) is 1.58. The topological polar surface area (TPSA) is 119 Å². The van der Waals surface area contributed by atoms with Crippen LogP contribution in [0, 0.1) is 11.6 Å². The van der Waals surface area contributed by atoms with E-state index >= 15 is 0 Å². The van der Waals surface area contributed by atoms with Crippen LogP contribution in [0.15, 0.2) is 30.9 Å². The number of likely N-dealkylation sites (tertiary alicyclic amines) is 1. The van der Waals surface area contributed by atoms with Crippen LogP contribution in [-0.2, 0) is 11.8 Å². The molecule has 0 spiro atoms. The first-order valence-corrected chi connectivity index (χ1v) is 12.3. The molecule has 0 radical (unpaired) electrons. The molecule has 0 saturated carbocycles. The molecule has 11 nitrogen and oxygen atoms in total. The molecule has 1 saturated heterocycles. The fourth-order valence-electron chi connectivity index (χ4n) is 4.49. The van der Waals surface area contributed by atoms with E-state index in [1.54, 1.807) is 30.3 Å². The number of aromatic nitrogens is 5. The van der Waals surface area contributed by atoms with Crippen molar-refractivity contribution in [2.45, 2.75) is 18.9 Å². The molecule has 0 aliphatic carbocycles. The molecule has 4 aromatic rings. The van der Waals surface area contributed by atoms with Crippen LogP contribution in [0.3, 0.4) is 0 Å². The molecule has 0 bridgehead atoms. The lowest BCUT2D eigenvalue weighted by molar-refractivity contribution is 0.0595. The van der Waals surface area contributed by atoms with E-state index in [9.17, 15) is 13.6 Å². The normalized spacial score (nSPS) is 14.4. The maximum Gasteiger partial charge on any atom is 0.360 e. The van der Waals surface area contributed by atoms with Gasteiger partial charge < -0.3 is 29.6 Å². The maximum absolute atomic E-state index is 15.0. The lowest BCUT2D eigenvalue weighted by atomic mass is 10.1. The van der Waals surface area contributed by atoms with E-state index in [1.165, 1.54) is 7.11 Å². The van der Waals surface area contributed by atoms with Crippen molar-refractivity contribution in [3.8, 4) is 17.0 Å². The molecule has 1 fully saturated rings. The second-order valence-electron chi connectivity index (χ2n) is 9.28. The Morgan fingerprint density at radius 1 is 1.08 bits per heavy atom. The first-order chi connectivity index (χ1) is 18.8. The summed E-state index contributed by atoms with van der Waals surface area (Å²) < 4.78 is 42.3. The van der Waals surface area contributed by atoms with Crippen molar-refractivity contribution in [1.29, 1.82) is 0 Å². The SMILES string of the molecule is CNc1nc(Nc2cc(F)c(OC3CCN(C)CC3)c(F)c2)c(C(=O)OC)nc1-c1cncc2c1ncn2C. The molecule has 4 heterocycles. The van der Waals surface area contributed by atoms with Crippen LogP contribution in [0.25, 0.3) is 22.3 Å². The maximum atomic E-state index is 15.0. The number of hydrogen-bond acceptors (Lipinski definition) is 10. The van der Waals surface area contributed by atoms with Gasteiger partial charge in [-0.1, -0.05) is 0 Å². The standard InChI is InChI=1S/C26H28F2N8O3/c1-29-24-21(16-11-30-12-19-20(16)31-13-36(19)3)33-22(26(37)38-4)25(34-24)32-14-9-17(27)23(18(28)10-14)39-15-5-7-35(2)8-6-15/h9-13,15H,5-8H2,1-4H3,(H2,29,32,34). The molecule has 13 heteroatoms. The van der Waals surface area contributed by atoms with Crippen LogP contribution in [0.4, 0.5) is 26.1 Å². The number of piperidine rings is 1. The largest absolute Gasteiger partial charge is 0.484 e. The number of carbonyl (C=O) groups is 1. The van der Waals surface area contributed by atoms with E-state index in [4.69, 9.17) is 9.47 Å². The molecule has 1 aliphatic heterocycles. The predicted octanol–water partition coefficient (Wildman–Crippen LogP) is 3.75. The Kier molecular flexibility index (Phi) is 7.24. The molecule has 39 heavy (non-hydrogen) atoms. The van der Waals surface area contributed by atoms with Gasteiger partial charge in [-0.05, 0) is 19.9 Å². The average molecular weight is 539 g/mol. The van der Waals surface area contributed by atoms with Crippen molar-refractivity contribution >= 4 is 34.3 Å². The van der Waals surface area contributed by atoms with Gasteiger partial charge in [0.25, 0.3) is 0 Å². The molecule has 0 unspecified atom stereocenters. The number of aryl methyl sites for hydroxylation is 1. The van der Waals surface area contributed by atoms with Crippen molar-refractivity contribution in [2.75, 3.05) is 44.9 Å². The molecular weight excluding hydrogens is 510 g/mol. The van der Waals surface area contributed by atoms with E-state index in [0.717, 1.165) is 30.7 Å². The first-order valence-electron chi connectivity index (χ1n) is 12.3. The third kappa shape index (κ3) is 5.17. The number of ether oxygens (including phenoxy) is 2. The zero-order valence-corrected chi connectivity index (χ0v) is 22.0. The second kappa shape index (κ2) is 10.8. The van der Waals surface area contributed by atoms with E-state index in [2.05, 4.69) is 35.5 Å². The molecule has 0 amide bonds. The molecule has 1 aromatic carbocycles. The number of carbonyl (C=O) groups excluding carboxylic acids is 1.